The van der Waals surface area contributed by atoms with Gasteiger partial charge in [-0.1, -0.05) is 58.1 Å². The first kappa shape index (κ1) is 18.2. The van der Waals surface area contributed by atoms with E-state index in [9.17, 15) is 4.79 Å². The second kappa shape index (κ2) is 15.3. The van der Waals surface area contributed by atoms with Crippen LogP contribution in [0, 0.1) is 0 Å². The fraction of sp³-hybridized carbons (Fsp3) is 0.824. The lowest BCUT2D eigenvalue weighted by Gasteiger charge is -2.03. The highest BCUT2D eigenvalue weighted by Crippen LogP contribution is 2.09. The van der Waals surface area contributed by atoms with Crippen LogP contribution in [0.25, 0.3) is 0 Å². The first-order valence-electron chi connectivity index (χ1n) is 8.11. The van der Waals surface area contributed by atoms with E-state index in [-0.39, 0.29) is 5.97 Å². The van der Waals surface area contributed by atoms with E-state index in [1.807, 2.05) is 0 Å². The van der Waals surface area contributed by atoms with Gasteiger partial charge in [-0.05, 0) is 32.1 Å². The van der Waals surface area contributed by atoms with Crippen LogP contribution in [0.4, 0.5) is 0 Å². The summed E-state index contributed by atoms with van der Waals surface area (Å²) in [4.78, 5) is 11.3. The Labute approximate surface area is 119 Å². The minimum Gasteiger partial charge on any atom is -0.466 e. The molecule has 0 aromatic carbocycles. The summed E-state index contributed by atoms with van der Waals surface area (Å²) in [7, 11) is 0. The van der Waals surface area contributed by atoms with Crippen LogP contribution in [-0.4, -0.2) is 12.6 Å². The average molecular weight is 268 g/mol. The van der Waals surface area contributed by atoms with Crippen LogP contribution in [0.1, 0.15) is 84.5 Å². The first-order chi connectivity index (χ1) is 9.31. The molecule has 0 aliphatic rings. The number of allylic oxidation sites excluding steroid dienone is 2. The Bertz CT molecular complexity index is 221. The molecule has 0 aromatic rings. The highest BCUT2D eigenvalue weighted by atomic mass is 16.5. The SMILES string of the molecule is CC/C=C/CCCCCCCCC(=O)OCCCC. The quantitative estimate of drug-likeness (QED) is 0.253. The van der Waals surface area contributed by atoms with Crippen molar-refractivity contribution in [3.8, 4) is 0 Å². The Morgan fingerprint density at radius 3 is 2.26 bits per heavy atom. The number of carbonyl (C=O) groups is 1. The third kappa shape index (κ3) is 15.2. The molecular weight excluding hydrogens is 236 g/mol. The predicted molar refractivity (Wildman–Crippen MR) is 82.2 cm³/mol. The van der Waals surface area contributed by atoms with Crippen LogP contribution >= 0.6 is 0 Å². The molecular formula is C17H32O2. The lowest BCUT2D eigenvalue weighted by atomic mass is 10.1. The topological polar surface area (TPSA) is 26.3 Å². The molecule has 0 amide bonds. The Kier molecular flexibility index (Phi) is 14.6. The van der Waals surface area contributed by atoms with Crippen molar-refractivity contribution in [2.75, 3.05) is 6.61 Å². The number of carbonyl (C=O) groups excluding carboxylic acids is 1. The second-order valence-corrected chi connectivity index (χ2v) is 5.11. The first-order valence-corrected chi connectivity index (χ1v) is 8.11. The van der Waals surface area contributed by atoms with Gasteiger partial charge in [0.2, 0.25) is 0 Å². The summed E-state index contributed by atoms with van der Waals surface area (Å²) in [6.07, 6.45) is 16.9. The molecule has 0 spiro atoms. The third-order valence-electron chi connectivity index (χ3n) is 3.17. The number of esters is 1. The highest BCUT2D eigenvalue weighted by Gasteiger charge is 2.01. The molecule has 19 heavy (non-hydrogen) atoms. The van der Waals surface area contributed by atoms with Crippen LogP contribution in [0.2, 0.25) is 0 Å². The fourth-order valence-electron chi connectivity index (χ4n) is 1.93. The lowest BCUT2D eigenvalue weighted by Crippen LogP contribution is -2.05. The molecule has 0 atom stereocenters. The van der Waals surface area contributed by atoms with Crippen molar-refractivity contribution in [1.82, 2.24) is 0 Å². The molecule has 0 aliphatic heterocycles. The van der Waals surface area contributed by atoms with Crippen molar-refractivity contribution in [1.29, 1.82) is 0 Å². The molecule has 0 aromatic heterocycles. The van der Waals surface area contributed by atoms with E-state index in [4.69, 9.17) is 4.74 Å². The van der Waals surface area contributed by atoms with Gasteiger partial charge in [-0.15, -0.1) is 0 Å². The van der Waals surface area contributed by atoms with Crippen LogP contribution < -0.4 is 0 Å². The predicted octanol–water partition coefficient (Wildman–Crippen LogP) is 5.42. The van der Waals surface area contributed by atoms with Gasteiger partial charge >= 0.3 is 5.97 Å². The Balaban J connectivity index is 3.13. The molecule has 0 fully saturated rings. The summed E-state index contributed by atoms with van der Waals surface area (Å²) in [6.45, 7) is 4.87. The van der Waals surface area contributed by atoms with E-state index in [0.29, 0.717) is 13.0 Å². The van der Waals surface area contributed by atoms with E-state index in [2.05, 4.69) is 26.0 Å². The van der Waals surface area contributed by atoms with Crippen molar-refractivity contribution in [2.45, 2.75) is 84.5 Å². The largest absolute Gasteiger partial charge is 0.466 e. The zero-order valence-electron chi connectivity index (χ0n) is 13.0. The molecule has 2 nitrogen and oxygen atoms in total. The summed E-state index contributed by atoms with van der Waals surface area (Å²) >= 11 is 0. The van der Waals surface area contributed by atoms with Crippen molar-refractivity contribution in [3.63, 3.8) is 0 Å². The maximum absolute atomic E-state index is 11.3. The van der Waals surface area contributed by atoms with Crippen LogP contribution in [0.5, 0.6) is 0 Å². The maximum Gasteiger partial charge on any atom is 0.305 e. The summed E-state index contributed by atoms with van der Waals surface area (Å²) in [5.41, 5.74) is 0. The highest BCUT2D eigenvalue weighted by molar-refractivity contribution is 5.69. The minimum absolute atomic E-state index is 0.0156. The molecule has 0 saturated carbocycles. The van der Waals surface area contributed by atoms with Gasteiger partial charge in [0.15, 0.2) is 0 Å². The van der Waals surface area contributed by atoms with Gasteiger partial charge in [-0.3, -0.25) is 4.79 Å². The van der Waals surface area contributed by atoms with Gasteiger partial charge in [0, 0.05) is 6.42 Å². The summed E-state index contributed by atoms with van der Waals surface area (Å²) in [5, 5.41) is 0. The normalized spacial score (nSPS) is 11.1. The van der Waals surface area contributed by atoms with E-state index >= 15 is 0 Å². The molecule has 112 valence electrons. The molecule has 0 aliphatic carbocycles. The molecule has 0 heterocycles. The standard InChI is InChI=1S/C17H32O2/c1-3-5-7-8-9-10-11-12-13-14-15-17(18)19-16-6-4-2/h5,7H,3-4,6,8-16H2,1-2H3/b7-5+. The van der Waals surface area contributed by atoms with Crippen molar-refractivity contribution in [3.05, 3.63) is 12.2 Å². The van der Waals surface area contributed by atoms with E-state index < -0.39 is 0 Å². The van der Waals surface area contributed by atoms with Gasteiger partial charge in [0.25, 0.3) is 0 Å². The Hall–Kier alpha value is -0.790. The van der Waals surface area contributed by atoms with Gasteiger partial charge in [-0.2, -0.15) is 0 Å². The minimum atomic E-state index is -0.0156. The van der Waals surface area contributed by atoms with Crippen LogP contribution in [-0.2, 0) is 9.53 Å². The smallest absolute Gasteiger partial charge is 0.305 e. The number of hydrogen-bond donors (Lipinski definition) is 0. The van der Waals surface area contributed by atoms with E-state index in [1.54, 1.807) is 0 Å². The second-order valence-electron chi connectivity index (χ2n) is 5.11. The van der Waals surface area contributed by atoms with E-state index in [0.717, 1.165) is 32.1 Å². The van der Waals surface area contributed by atoms with Crippen LogP contribution in [0.15, 0.2) is 12.2 Å². The molecule has 0 rings (SSSR count). The summed E-state index contributed by atoms with van der Waals surface area (Å²) in [6, 6.07) is 0. The molecule has 0 bridgehead atoms. The Morgan fingerprint density at radius 1 is 0.895 bits per heavy atom. The van der Waals surface area contributed by atoms with Crippen molar-refractivity contribution >= 4 is 5.97 Å². The monoisotopic (exact) mass is 268 g/mol. The third-order valence-corrected chi connectivity index (χ3v) is 3.17. The van der Waals surface area contributed by atoms with E-state index in [1.165, 1.54) is 32.1 Å². The fourth-order valence-corrected chi connectivity index (χ4v) is 1.93. The molecule has 0 radical (unpaired) electrons. The number of unbranched alkanes of at least 4 members (excludes halogenated alkanes) is 7. The van der Waals surface area contributed by atoms with Crippen molar-refractivity contribution < 1.29 is 9.53 Å². The van der Waals surface area contributed by atoms with Gasteiger partial charge in [0.1, 0.15) is 0 Å². The molecule has 2 heteroatoms. The zero-order chi connectivity index (χ0) is 14.2. The van der Waals surface area contributed by atoms with Gasteiger partial charge < -0.3 is 4.74 Å². The lowest BCUT2D eigenvalue weighted by molar-refractivity contribution is -0.143. The molecule has 0 saturated heterocycles. The molecule has 0 N–H and O–H groups in total. The Morgan fingerprint density at radius 2 is 1.58 bits per heavy atom. The zero-order valence-corrected chi connectivity index (χ0v) is 13.0. The summed E-state index contributed by atoms with van der Waals surface area (Å²) < 4.78 is 5.12. The van der Waals surface area contributed by atoms with Gasteiger partial charge in [0.05, 0.1) is 6.61 Å². The number of hydrogen-bond acceptors (Lipinski definition) is 2. The maximum atomic E-state index is 11.3. The summed E-state index contributed by atoms with van der Waals surface area (Å²) in [5.74, 6) is -0.0156. The van der Waals surface area contributed by atoms with Crippen LogP contribution in [0.3, 0.4) is 0 Å². The molecule has 0 unspecified atom stereocenters. The number of ether oxygens (including phenoxy) is 1. The number of rotatable bonds is 13. The van der Waals surface area contributed by atoms with Gasteiger partial charge in [-0.25, -0.2) is 0 Å². The van der Waals surface area contributed by atoms with Crippen molar-refractivity contribution in [2.24, 2.45) is 0 Å². The average Bonchev–Trinajstić information content (AvgIpc) is 2.41.